The van der Waals surface area contributed by atoms with Gasteiger partial charge in [0.1, 0.15) is 12.2 Å². The first-order valence-corrected chi connectivity index (χ1v) is 7.75. The van der Waals surface area contributed by atoms with E-state index in [1.54, 1.807) is 0 Å². The first-order valence-electron chi connectivity index (χ1n) is 7.75. The summed E-state index contributed by atoms with van der Waals surface area (Å²) in [5, 5.41) is 0. The number of ether oxygens (including phenoxy) is 3. The lowest BCUT2D eigenvalue weighted by molar-refractivity contribution is -0.156. The van der Waals surface area contributed by atoms with Crippen LogP contribution in [-0.2, 0) is 19.0 Å². The highest BCUT2D eigenvalue weighted by molar-refractivity contribution is 5.73. The van der Waals surface area contributed by atoms with Gasteiger partial charge in [0.05, 0.1) is 23.7 Å². The highest BCUT2D eigenvalue weighted by atomic mass is 16.6. The molecule has 2 aliphatic heterocycles. The van der Waals surface area contributed by atoms with E-state index in [0.717, 1.165) is 44.9 Å². The Morgan fingerprint density at radius 3 is 3.05 bits per heavy atom. The lowest BCUT2D eigenvalue weighted by Gasteiger charge is -2.25. The molecule has 0 amide bonds. The van der Waals surface area contributed by atoms with Crippen LogP contribution in [0.4, 0.5) is 0 Å². The molecule has 2 heterocycles. The molecule has 4 fully saturated rings. The quantitative estimate of drug-likeness (QED) is 0.580. The predicted molar refractivity (Wildman–Crippen MR) is 67.6 cm³/mol. The van der Waals surface area contributed by atoms with Crippen LogP contribution in [0.3, 0.4) is 0 Å². The first-order chi connectivity index (χ1) is 9.22. The second-order valence-corrected chi connectivity index (χ2v) is 6.54. The minimum Gasteiger partial charge on any atom is -0.459 e. The van der Waals surface area contributed by atoms with Crippen molar-refractivity contribution in [3.05, 3.63) is 0 Å². The van der Waals surface area contributed by atoms with Gasteiger partial charge in [-0.1, -0.05) is 6.92 Å². The van der Waals surface area contributed by atoms with Crippen molar-refractivity contribution in [2.75, 3.05) is 0 Å². The van der Waals surface area contributed by atoms with Crippen molar-refractivity contribution in [3.63, 3.8) is 0 Å². The fraction of sp³-hybridized carbons (Fsp3) is 0.933. The van der Waals surface area contributed by atoms with Crippen molar-refractivity contribution in [3.8, 4) is 0 Å². The maximum atomic E-state index is 12.3. The third kappa shape index (κ3) is 2.00. The van der Waals surface area contributed by atoms with E-state index in [4.69, 9.17) is 14.2 Å². The van der Waals surface area contributed by atoms with Gasteiger partial charge in [-0.05, 0) is 44.9 Å². The summed E-state index contributed by atoms with van der Waals surface area (Å²) >= 11 is 0. The number of fused-ring (bicyclic) bond motifs is 2. The largest absolute Gasteiger partial charge is 0.459 e. The molecule has 0 aromatic heterocycles. The lowest BCUT2D eigenvalue weighted by atomic mass is 9.81. The molecular weight excluding hydrogens is 244 g/mol. The fourth-order valence-electron chi connectivity index (χ4n) is 4.00. The maximum absolute atomic E-state index is 12.3. The molecule has 0 radical (unpaired) electrons. The van der Waals surface area contributed by atoms with E-state index >= 15 is 0 Å². The van der Waals surface area contributed by atoms with Crippen LogP contribution in [0.25, 0.3) is 0 Å². The number of hydrogen-bond donors (Lipinski definition) is 0. The summed E-state index contributed by atoms with van der Waals surface area (Å²) in [6, 6.07) is 0. The molecule has 0 aromatic carbocycles. The van der Waals surface area contributed by atoms with E-state index < -0.39 is 0 Å². The fourth-order valence-corrected chi connectivity index (χ4v) is 4.00. The molecule has 0 spiro atoms. The summed E-state index contributed by atoms with van der Waals surface area (Å²) in [6.45, 7) is 2.17. The molecule has 6 unspecified atom stereocenters. The van der Waals surface area contributed by atoms with Gasteiger partial charge in [-0.3, -0.25) is 4.79 Å². The molecular formula is C15H22O4. The number of carbonyl (C=O) groups is 1. The Morgan fingerprint density at radius 2 is 2.26 bits per heavy atom. The third-order valence-corrected chi connectivity index (χ3v) is 5.49. The van der Waals surface area contributed by atoms with Crippen molar-refractivity contribution in [1.82, 2.24) is 0 Å². The van der Waals surface area contributed by atoms with E-state index in [9.17, 15) is 4.79 Å². The zero-order chi connectivity index (χ0) is 13.0. The van der Waals surface area contributed by atoms with Crippen LogP contribution in [-0.4, -0.2) is 36.0 Å². The van der Waals surface area contributed by atoms with Gasteiger partial charge in [0.25, 0.3) is 0 Å². The predicted octanol–water partition coefficient (Wildman–Crippen LogP) is 2.20. The number of epoxide rings is 2. The average Bonchev–Trinajstić information content (AvgIpc) is 3.31. The molecule has 2 aliphatic carbocycles. The highest BCUT2D eigenvalue weighted by Gasteiger charge is 2.59. The van der Waals surface area contributed by atoms with Crippen LogP contribution in [0.5, 0.6) is 0 Å². The molecule has 4 rings (SSSR count). The Bertz CT molecular complexity index is 396. The van der Waals surface area contributed by atoms with Crippen molar-refractivity contribution in [2.24, 2.45) is 5.92 Å². The standard InChI is InChI=1S/C15H22O4/c1-2-15-7-6-9(8-12(15)19-15)14(16)18-11-5-3-4-10-13(11)17-10/h9-13H,2-8H2,1H3. The summed E-state index contributed by atoms with van der Waals surface area (Å²) < 4.78 is 17.0. The van der Waals surface area contributed by atoms with E-state index in [1.165, 1.54) is 0 Å². The average molecular weight is 266 g/mol. The van der Waals surface area contributed by atoms with Crippen LogP contribution in [0, 0.1) is 5.92 Å². The van der Waals surface area contributed by atoms with Gasteiger partial charge in [0, 0.05) is 0 Å². The Kier molecular flexibility index (Phi) is 2.68. The normalized spacial score (nSPS) is 50.9. The van der Waals surface area contributed by atoms with Crippen LogP contribution in [0.1, 0.15) is 51.9 Å². The molecule has 6 atom stereocenters. The second kappa shape index (κ2) is 4.19. The smallest absolute Gasteiger partial charge is 0.309 e. The molecule has 2 saturated heterocycles. The molecule has 0 N–H and O–H groups in total. The minimum atomic E-state index is -0.0126. The van der Waals surface area contributed by atoms with Gasteiger partial charge in [-0.15, -0.1) is 0 Å². The Morgan fingerprint density at radius 1 is 1.37 bits per heavy atom. The number of rotatable bonds is 3. The number of hydrogen-bond acceptors (Lipinski definition) is 4. The van der Waals surface area contributed by atoms with Crippen LogP contribution in [0.15, 0.2) is 0 Å². The first kappa shape index (κ1) is 12.2. The molecule has 19 heavy (non-hydrogen) atoms. The Hall–Kier alpha value is -0.610. The summed E-state index contributed by atoms with van der Waals surface area (Å²) in [5.74, 6) is 0.0349. The Balaban J connectivity index is 1.32. The van der Waals surface area contributed by atoms with Crippen molar-refractivity contribution in [2.45, 2.75) is 81.9 Å². The van der Waals surface area contributed by atoms with Gasteiger partial charge in [-0.2, -0.15) is 0 Å². The van der Waals surface area contributed by atoms with Crippen LogP contribution < -0.4 is 0 Å². The summed E-state index contributed by atoms with van der Waals surface area (Å²) in [7, 11) is 0. The molecule has 4 heteroatoms. The van der Waals surface area contributed by atoms with Gasteiger partial charge in [0.2, 0.25) is 0 Å². The summed E-state index contributed by atoms with van der Waals surface area (Å²) in [6.07, 6.45) is 7.99. The number of esters is 1. The molecule has 4 aliphatic rings. The van der Waals surface area contributed by atoms with Crippen LogP contribution in [0.2, 0.25) is 0 Å². The SMILES string of the molecule is CCC12CCC(C(=O)OC3CCCC4OC34)CC1O2. The van der Waals surface area contributed by atoms with Crippen molar-refractivity contribution >= 4 is 5.97 Å². The second-order valence-electron chi connectivity index (χ2n) is 6.54. The van der Waals surface area contributed by atoms with Crippen molar-refractivity contribution < 1.29 is 19.0 Å². The summed E-state index contributed by atoms with van der Waals surface area (Å²) in [5.41, 5.74) is 0.117. The zero-order valence-corrected chi connectivity index (χ0v) is 11.5. The van der Waals surface area contributed by atoms with E-state index in [2.05, 4.69) is 6.92 Å². The topological polar surface area (TPSA) is 51.4 Å². The summed E-state index contributed by atoms with van der Waals surface area (Å²) in [4.78, 5) is 12.3. The van der Waals surface area contributed by atoms with E-state index in [-0.39, 0.29) is 29.7 Å². The Labute approximate surface area is 113 Å². The van der Waals surface area contributed by atoms with Gasteiger partial charge < -0.3 is 14.2 Å². The zero-order valence-electron chi connectivity index (χ0n) is 11.5. The molecule has 4 nitrogen and oxygen atoms in total. The molecule has 0 bridgehead atoms. The highest BCUT2D eigenvalue weighted by Crippen LogP contribution is 2.52. The minimum absolute atomic E-state index is 0.0126. The monoisotopic (exact) mass is 266 g/mol. The van der Waals surface area contributed by atoms with Gasteiger partial charge in [0.15, 0.2) is 0 Å². The number of carbonyl (C=O) groups excluding carboxylic acids is 1. The van der Waals surface area contributed by atoms with E-state index in [0.29, 0.717) is 12.2 Å². The maximum Gasteiger partial charge on any atom is 0.309 e. The van der Waals surface area contributed by atoms with Crippen molar-refractivity contribution in [1.29, 1.82) is 0 Å². The van der Waals surface area contributed by atoms with Gasteiger partial charge >= 0.3 is 5.97 Å². The van der Waals surface area contributed by atoms with Crippen LogP contribution >= 0.6 is 0 Å². The lowest BCUT2D eigenvalue weighted by Crippen LogP contribution is -2.34. The molecule has 0 aromatic rings. The molecule has 106 valence electrons. The van der Waals surface area contributed by atoms with Gasteiger partial charge in [-0.25, -0.2) is 0 Å². The third-order valence-electron chi connectivity index (χ3n) is 5.49. The molecule has 2 saturated carbocycles. The van der Waals surface area contributed by atoms with E-state index in [1.807, 2.05) is 0 Å².